The van der Waals surface area contributed by atoms with Crippen molar-refractivity contribution in [2.45, 2.75) is 32.2 Å². The molecule has 0 aliphatic rings. The van der Waals surface area contributed by atoms with Crippen molar-refractivity contribution in [2.24, 2.45) is 5.73 Å². The first-order valence-electron chi connectivity index (χ1n) is 6.18. The van der Waals surface area contributed by atoms with E-state index in [4.69, 9.17) is 28.9 Å². The molecule has 4 nitrogen and oxygen atoms in total. The van der Waals surface area contributed by atoms with Gasteiger partial charge in [0.15, 0.2) is 0 Å². The number of halogens is 2. The summed E-state index contributed by atoms with van der Waals surface area (Å²) in [7, 11) is 0. The minimum Gasteiger partial charge on any atom is -0.336 e. The molecule has 0 aliphatic heterocycles. The first-order chi connectivity index (χ1) is 8.88. The lowest BCUT2D eigenvalue weighted by molar-refractivity contribution is 0.247. The van der Waals surface area contributed by atoms with Crippen LogP contribution in [0.2, 0.25) is 10.0 Å². The van der Waals surface area contributed by atoms with Crippen molar-refractivity contribution in [2.75, 3.05) is 11.9 Å². The Balaban J connectivity index is 2.56. The number of carbonyl (C=O) groups excluding carboxylic acids is 1. The summed E-state index contributed by atoms with van der Waals surface area (Å²) in [5.41, 5.74) is 6.28. The van der Waals surface area contributed by atoms with Crippen molar-refractivity contribution in [1.29, 1.82) is 0 Å². The maximum absolute atomic E-state index is 11.7. The Labute approximate surface area is 123 Å². The molecule has 2 amide bonds. The molecule has 0 aromatic heterocycles. The van der Waals surface area contributed by atoms with Gasteiger partial charge in [0.1, 0.15) is 0 Å². The third-order valence-electron chi connectivity index (χ3n) is 3.13. The van der Waals surface area contributed by atoms with E-state index in [1.165, 1.54) is 0 Å². The van der Waals surface area contributed by atoms with Crippen LogP contribution in [0.5, 0.6) is 0 Å². The molecule has 0 saturated heterocycles. The molecular formula is C13H19Cl2N3O. The minimum atomic E-state index is -0.372. The molecule has 0 bridgehead atoms. The van der Waals surface area contributed by atoms with Crippen LogP contribution in [-0.4, -0.2) is 18.1 Å². The van der Waals surface area contributed by atoms with Crippen molar-refractivity contribution >= 4 is 34.9 Å². The number of anilines is 1. The summed E-state index contributed by atoms with van der Waals surface area (Å²) < 4.78 is 0. The Bertz CT molecular complexity index is 427. The van der Waals surface area contributed by atoms with Crippen LogP contribution in [0.3, 0.4) is 0 Å². The summed E-state index contributed by atoms with van der Waals surface area (Å²) in [5, 5.41) is 6.36. The molecule has 1 aromatic rings. The van der Waals surface area contributed by atoms with Gasteiger partial charge in [-0.2, -0.15) is 0 Å². The van der Waals surface area contributed by atoms with Crippen LogP contribution in [0.25, 0.3) is 0 Å². The van der Waals surface area contributed by atoms with Gasteiger partial charge in [-0.1, -0.05) is 37.0 Å². The smallest absolute Gasteiger partial charge is 0.319 e. The summed E-state index contributed by atoms with van der Waals surface area (Å²) in [6.07, 6.45) is 1.60. The molecule has 0 unspecified atom stereocenters. The van der Waals surface area contributed by atoms with Crippen LogP contribution >= 0.6 is 23.2 Å². The molecule has 4 N–H and O–H groups in total. The van der Waals surface area contributed by atoms with E-state index in [0.29, 0.717) is 22.3 Å². The highest BCUT2D eigenvalue weighted by Gasteiger charge is 2.20. The van der Waals surface area contributed by atoms with Gasteiger partial charge in [0.05, 0.1) is 0 Å². The van der Waals surface area contributed by atoms with Gasteiger partial charge in [0.25, 0.3) is 0 Å². The second-order valence-corrected chi connectivity index (χ2v) is 5.41. The second-order valence-electron chi connectivity index (χ2n) is 4.54. The zero-order valence-electron chi connectivity index (χ0n) is 11.1. The quantitative estimate of drug-likeness (QED) is 0.777. The Morgan fingerprint density at radius 3 is 2.21 bits per heavy atom. The van der Waals surface area contributed by atoms with Crippen molar-refractivity contribution in [3.8, 4) is 0 Å². The SMILES string of the molecule is CCC(N)(CC)CNC(=O)Nc1cc(Cl)cc(Cl)c1. The zero-order chi connectivity index (χ0) is 14.5. The third kappa shape index (κ3) is 5.27. The predicted molar refractivity (Wildman–Crippen MR) is 81.0 cm³/mol. The minimum absolute atomic E-state index is 0.324. The highest BCUT2D eigenvalue weighted by Crippen LogP contribution is 2.22. The highest BCUT2D eigenvalue weighted by molar-refractivity contribution is 6.35. The number of urea groups is 1. The monoisotopic (exact) mass is 303 g/mol. The largest absolute Gasteiger partial charge is 0.336 e. The summed E-state index contributed by atoms with van der Waals surface area (Å²) >= 11 is 11.7. The Kier molecular flexibility index (Phi) is 5.91. The van der Waals surface area contributed by atoms with Gasteiger partial charge >= 0.3 is 6.03 Å². The van der Waals surface area contributed by atoms with E-state index in [2.05, 4.69) is 10.6 Å². The fraction of sp³-hybridized carbons (Fsp3) is 0.462. The topological polar surface area (TPSA) is 67.1 Å². The van der Waals surface area contributed by atoms with E-state index < -0.39 is 0 Å². The van der Waals surface area contributed by atoms with Crippen LogP contribution < -0.4 is 16.4 Å². The lowest BCUT2D eigenvalue weighted by atomic mass is 9.94. The van der Waals surface area contributed by atoms with Crippen LogP contribution in [-0.2, 0) is 0 Å². The zero-order valence-corrected chi connectivity index (χ0v) is 12.6. The van der Waals surface area contributed by atoms with Crippen LogP contribution in [0.4, 0.5) is 10.5 Å². The van der Waals surface area contributed by atoms with Crippen molar-refractivity contribution in [3.05, 3.63) is 28.2 Å². The molecule has 6 heteroatoms. The van der Waals surface area contributed by atoms with Gasteiger partial charge in [-0.3, -0.25) is 0 Å². The summed E-state index contributed by atoms with van der Waals surface area (Å²) in [5.74, 6) is 0. The maximum Gasteiger partial charge on any atom is 0.319 e. The molecule has 0 heterocycles. The molecule has 0 saturated carbocycles. The molecule has 106 valence electrons. The predicted octanol–water partition coefficient (Wildman–Crippen LogP) is 3.63. The molecule has 0 atom stereocenters. The number of carbonyl (C=O) groups is 1. The molecule has 0 radical (unpaired) electrons. The molecule has 1 aromatic carbocycles. The van der Waals surface area contributed by atoms with E-state index in [1.54, 1.807) is 18.2 Å². The molecule has 19 heavy (non-hydrogen) atoms. The van der Waals surface area contributed by atoms with Crippen LogP contribution in [0.1, 0.15) is 26.7 Å². The molecule has 0 aliphatic carbocycles. The van der Waals surface area contributed by atoms with Gasteiger partial charge in [-0.25, -0.2) is 4.79 Å². The van der Waals surface area contributed by atoms with Crippen molar-refractivity contribution in [1.82, 2.24) is 5.32 Å². The molecule has 0 fully saturated rings. The number of nitrogens with two attached hydrogens (primary N) is 1. The number of rotatable bonds is 5. The summed E-state index contributed by atoms with van der Waals surface area (Å²) in [4.78, 5) is 11.7. The van der Waals surface area contributed by atoms with Crippen LogP contribution in [0.15, 0.2) is 18.2 Å². The average molecular weight is 304 g/mol. The van der Waals surface area contributed by atoms with Crippen molar-refractivity contribution in [3.63, 3.8) is 0 Å². The number of hydrogen-bond acceptors (Lipinski definition) is 2. The van der Waals surface area contributed by atoms with E-state index in [0.717, 1.165) is 12.8 Å². The number of nitrogens with one attached hydrogen (secondary N) is 2. The Morgan fingerprint density at radius 1 is 1.21 bits per heavy atom. The third-order valence-corrected chi connectivity index (χ3v) is 3.57. The normalized spacial score (nSPS) is 11.2. The van der Waals surface area contributed by atoms with E-state index in [-0.39, 0.29) is 11.6 Å². The summed E-state index contributed by atoms with van der Waals surface area (Å²) in [6.45, 7) is 4.42. The number of hydrogen-bond donors (Lipinski definition) is 3. The lowest BCUT2D eigenvalue weighted by Gasteiger charge is -2.26. The average Bonchev–Trinajstić information content (AvgIpc) is 2.35. The molecular weight excluding hydrogens is 285 g/mol. The first-order valence-corrected chi connectivity index (χ1v) is 6.94. The van der Waals surface area contributed by atoms with E-state index >= 15 is 0 Å². The van der Waals surface area contributed by atoms with E-state index in [9.17, 15) is 4.79 Å². The Morgan fingerprint density at radius 2 is 1.74 bits per heavy atom. The van der Waals surface area contributed by atoms with Gasteiger partial charge < -0.3 is 16.4 Å². The standard InChI is InChI=1S/C13H19Cl2N3O/c1-3-13(16,4-2)8-17-12(19)18-11-6-9(14)5-10(15)7-11/h5-7H,3-4,8,16H2,1-2H3,(H2,17,18,19). The highest BCUT2D eigenvalue weighted by atomic mass is 35.5. The maximum atomic E-state index is 11.7. The van der Waals surface area contributed by atoms with Gasteiger partial charge in [0.2, 0.25) is 0 Å². The summed E-state index contributed by atoms with van der Waals surface area (Å²) in [6, 6.07) is 4.53. The fourth-order valence-electron chi connectivity index (χ4n) is 1.56. The fourth-order valence-corrected chi connectivity index (χ4v) is 2.08. The molecule has 0 spiro atoms. The molecule has 1 rings (SSSR count). The van der Waals surface area contributed by atoms with Gasteiger partial charge in [-0.05, 0) is 31.0 Å². The second kappa shape index (κ2) is 6.98. The number of amides is 2. The van der Waals surface area contributed by atoms with Crippen LogP contribution in [0, 0.1) is 0 Å². The van der Waals surface area contributed by atoms with Gasteiger partial charge in [-0.15, -0.1) is 0 Å². The Hall–Kier alpha value is -0.970. The van der Waals surface area contributed by atoms with E-state index in [1.807, 2.05) is 13.8 Å². The lowest BCUT2D eigenvalue weighted by Crippen LogP contribution is -2.50. The van der Waals surface area contributed by atoms with Crippen molar-refractivity contribution < 1.29 is 4.79 Å². The number of benzene rings is 1. The first kappa shape index (κ1) is 16.1. The van der Waals surface area contributed by atoms with Gasteiger partial charge in [0, 0.05) is 27.8 Å².